The van der Waals surface area contributed by atoms with E-state index in [-0.39, 0.29) is 5.90 Å². The van der Waals surface area contributed by atoms with Crippen LogP contribution in [-0.2, 0) is 4.43 Å². The fourth-order valence-electron chi connectivity index (χ4n) is 0.997. The summed E-state index contributed by atoms with van der Waals surface area (Å²) >= 11 is 0. The van der Waals surface area contributed by atoms with Gasteiger partial charge in [0, 0.05) is 0 Å². The monoisotopic (exact) mass is 271 g/mol. The van der Waals surface area contributed by atoms with E-state index in [9.17, 15) is 13.2 Å². The molecule has 0 rings (SSSR count). The smallest absolute Gasteiger partial charge is 0.397 e. The van der Waals surface area contributed by atoms with Crippen LogP contribution < -0.4 is 0 Å². The Bertz CT molecular complexity index is 245. The Hall–Kier alpha value is -0.306. The van der Waals surface area contributed by atoms with Gasteiger partial charge in [-0.1, -0.05) is 0 Å². The van der Waals surface area contributed by atoms with E-state index in [1.165, 1.54) is 0 Å². The summed E-state index contributed by atoms with van der Waals surface area (Å²) in [5.41, 5.74) is 0. The summed E-state index contributed by atoms with van der Waals surface area (Å²) in [5, 5.41) is 0. The number of nitrogens with zero attached hydrogens (tertiary/aromatic N) is 1. The molecule has 0 heterocycles. The Kier molecular flexibility index (Phi) is 4.81. The van der Waals surface area contributed by atoms with Crippen molar-refractivity contribution in [3.63, 3.8) is 0 Å². The average Bonchev–Trinajstić information content (AvgIpc) is 1.70. The molecule has 0 N–H and O–H groups in total. The molecule has 0 fully saturated rings. The first-order chi connectivity index (χ1) is 6.79. The van der Waals surface area contributed by atoms with Crippen LogP contribution in [0.25, 0.3) is 0 Å². The van der Waals surface area contributed by atoms with Gasteiger partial charge in [0.2, 0.25) is 8.32 Å². The van der Waals surface area contributed by atoms with Crippen LogP contribution in [0, 0.1) is 0 Å². The highest BCUT2D eigenvalue weighted by Gasteiger charge is 2.33. The highest BCUT2D eigenvalue weighted by molar-refractivity contribution is 6.76. The molecule has 16 heavy (non-hydrogen) atoms. The summed E-state index contributed by atoms with van der Waals surface area (Å²) in [5.74, 6) is -0.133. The molecule has 2 nitrogen and oxygen atoms in total. The van der Waals surface area contributed by atoms with Crippen LogP contribution in [0.4, 0.5) is 13.2 Å². The molecular weight excluding hydrogens is 251 g/mol. The van der Waals surface area contributed by atoms with E-state index in [0.717, 1.165) is 0 Å². The third kappa shape index (κ3) is 10.2. The number of rotatable bonds is 3. The second-order valence-corrected chi connectivity index (χ2v) is 14.7. The lowest BCUT2D eigenvalue weighted by Crippen LogP contribution is -2.34. The molecule has 96 valence electrons. The summed E-state index contributed by atoms with van der Waals surface area (Å²) < 4.78 is 46.5. The Morgan fingerprint density at radius 3 is 1.75 bits per heavy atom. The number of halogens is 3. The molecule has 0 aliphatic carbocycles. The Morgan fingerprint density at radius 2 is 1.50 bits per heavy atom. The third-order valence-corrected chi connectivity index (χ3v) is 3.00. The quantitative estimate of drug-likeness (QED) is 0.431. The normalized spacial score (nSPS) is 15.2. The molecule has 0 saturated carbocycles. The van der Waals surface area contributed by atoms with Crippen LogP contribution in [0.15, 0.2) is 4.66 Å². The van der Waals surface area contributed by atoms with Gasteiger partial charge in [0.1, 0.15) is 6.42 Å². The topological polar surface area (TPSA) is 21.6 Å². The van der Waals surface area contributed by atoms with E-state index in [1.54, 1.807) is 0 Å². The van der Waals surface area contributed by atoms with Crippen molar-refractivity contribution in [3.8, 4) is 0 Å². The maximum absolute atomic E-state index is 12.3. The minimum Gasteiger partial charge on any atom is -0.535 e. The molecule has 0 spiro atoms. The Morgan fingerprint density at radius 1 is 1.06 bits per heavy atom. The van der Waals surface area contributed by atoms with Crippen LogP contribution in [0.1, 0.15) is 6.42 Å². The molecule has 0 aliphatic heterocycles. The van der Waals surface area contributed by atoms with E-state index >= 15 is 0 Å². The molecule has 0 aromatic heterocycles. The molecular formula is C9H20F3NOSi2. The van der Waals surface area contributed by atoms with Gasteiger partial charge in [-0.2, -0.15) is 13.2 Å². The van der Waals surface area contributed by atoms with Gasteiger partial charge in [-0.15, -0.1) is 0 Å². The van der Waals surface area contributed by atoms with Crippen molar-refractivity contribution in [2.75, 3.05) is 0 Å². The van der Waals surface area contributed by atoms with Crippen molar-refractivity contribution in [1.29, 1.82) is 0 Å². The summed E-state index contributed by atoms with van der Waals surface area (Å²) in [6.07, 6.45) is -5.31. The van der Waals surface area contributed by atoms with Crippen LogP contribution in [0.2, 0.25) is 39.3 Å². The second kappa shape index (κ2) is 4.91. The minimum absolute atomic E-state index is 0.133. The van der Waals surface area contributed by atoms with Gasteiger partial charge in [0.05, 0.1) is 0 Å². The molecule has 0 saturated heterocycles. The van der Waals surface area contributed by atoms with Gasteiger partial charge in [-0.25, -0.2) is 0 Å². The summed E-state index contributed by atoms with van der Waals surface area (Å²) in [6.45, 7) is 11.2. The molecule has 0 aromatic carbocycles. The molecule has 0 unspecified atom stereocenters. The first-order valence-corrected chi connectivity index (χ1v) is 12.0. The number of alkyl halides is 3. The Balaban J connectivity index is 4.87. The van der Waals surface area contributed by atoms with Crippen LogP contribution in [-0.4, -0.2) is 28.6 Å². The summed E-state index contributed by atoms with van der Waals surface area (Å²) in [4.78, 5) is 0. The van der Waals surface area contributed by atoms with E-state index in [1.807, 2.05) is 39.3 Å². The van der Waals surface area contributed by atoms with Crippen molar-refractivity contribution in [2.45, 2.75) is 51.9 Å². The SMILES string of the molecule is C[Si](C)(C)N=C(CC(F)(F)F)O[Si](C)(C)C. The molecule has 7 heteroatoms. The zero-order valence-corrected chi connectivity index (χ0v) is 12.7. The second-order valence-electron chi connectivity index (χ2n) is 5.68. The molecule has 0 amide bonds. The van der Waals surface area contributed by atoms with Crippen molar-refractivity contribution in [2.24, 2.45) is 4.66 Å². The highest BCUT2D eigenvalue weighted by atomic mass is 28.4. The molecule has 0 aliphatic rings. The number of hydrogen-bond donors (Lipinski definition) is 0. The largest absolute Gasteiger partial charge is 0.535 e. The van der Waals surface area contributed by atoms with Gasteiger partial charge >= 0.3 is 6.18 Å². The molecule has 0 atom stereocenters. The van der Waals surface area contributed by atoms with E-state index in [4.69, 9.17) is 4.43 Å². The van der Waals surface area contributed by atoms with Crippen LogP contribution in [0.5, 0.6) is 0 Å². The highest BCUT2D eigenvalue weighted by Crippen LogP contribution is 2.23. The average molecular weight is 271 g/mol. The van der Waals surface area contributed by atoms with E-state index in [2.05, 4.69) is 4.66 Å². The van der Waals surface area contributed by atoms with Gasteiger partial charge in [0.25, 0.3) is 0 Å². The van der Waals surface area contributed by atoms with E-state index in [0.29, 0.717) is 0 Å². The first-order valence-electron chi connectivity index (χ1n) is 5.13. The van der Waals surface area contributed by atoms with Crippen LogP contribution in [0.3, 0.4) is 0 Å². The lowest BCUT2D eigenvalue weighted by molar-refractivity contribution is -0.123. The molecule has 0 bridgehead atoms. The summed E-state index contributed by atoms with van der Waals surface area (Å²) in [7, 11) is -3.96. The van der Waals surface area contributed by atoms with E-state index < -0.39 is 29.1 Å². The van der Waals surface area contributed by atoms with Gasteiger partial charge in [-0.3, -0.25) is 4.66 Å². The minimum atomic E-state index is -4.25. The third-order valence-electron chi connectivity index (χ3n) is 1.24. The zero-order chi connectivity index (χ0) is 13.2. The summed E-state index contributed by atoms with van der Waals surface area (Å²) in [6, 6.07) is 0. The Labute approximate surface area is 97.1 Å². The molecule has 0 radical (unpaired) electrons. The fraction of sp³-hybridized carbons (Fsp3) is 0.889. The maximum atomic E-state index is 12.3. The van der Waals surface area contributed by atoms with Crippen LogP contribution >= 0.6 is 0 Å². The lowest BCUT2D eigenvalue weighted by atomic mass is 10.4. The fourth-order valence-corrected chi connectivity index (χ4v) is 2.79. The van der Waals surface area contributed by atoms with Gasteiger partial charge in [-0.05, 0) is 39.3 Å². The van der Waals surface area contributed by atoms with Crippen molar-refractivity contribution < 1.29 is 17.6 Å². The van der Waals surface area contributed by atoms with Crippen molar-refractivity contribution in [1.82, 2.24) is 0 Å². The van der Waals surface area contributed by atoms with Gasteiger partial charge < -0.3 is 4.43 Å². The zero-order valence-electron chi connectivity index (χ0n) is 10.7. The maximum Gasteiger partial charge on any atom is 0.397 e. The van der Waals surface area contributed by atoms with Gasteiger partial charge in [0.15, 0.2) is 14.1 Å². The lowest BCUT2D eigenvalue weighted by Gasteiger charge is -2.24. The van der Waals surface area contributed by atoms with Crippen molar-refractivity contribution in [3.05, 3.63) is 0 Å². The van der Waals surface area contributed by atoms with Crippen molar-refractivity contribution >= 4 is 22.5 Å². The predicted molar refractivity (Wildman–Crippen MR) is 65.9 cm³/mol. The number of hydrogen-bond acceptors (Lipinski definition) is 2. The predicted octanol–water partition coefficient (Wildman–Crippen LogP) is 4.02. The molecule has 0 aromatic rings. The standard InChI is InChI=1S/C9H20F3NOSi2/c1-15(2,3)13-8(7-9(10,11)12)14-16(4,5)6/h7H2,1-6H3. The first kappa shape index (κ1) is 15.7.